The van der Waals surface area contributed by atoms with E-state index in [0.29, 0.717) is 17.0 Å². The summed E-state index contributed by atoms with van der Waals surface area (Å²) in [4.78, 5) is 31.9. The molecule has 1 aliphatic heterocycles. The fourth-order valence-corrected chi connectivity index (χ4v) is 6.46. The number of H-pyrrole nitrogens is 1. The van der Waals surface area contributed by atoms with E-state index < -0.39 is 0 Å². The van der Waals surface area contributed by atoms with Gasteiger partial charge in [-0.05, 0) is 43.2 Å². The quantitative estimate of drug-likeness (QED) is 0.462. The minimum absolute atomic E-state index is 0.0781. The monoisotopic (exact) mass is 484 g/mol. The van der Waals surface area contributed by atoms with E-state index in [1.807, 2.05) is 47.0 Å². The molecule has 2 N–H and O–H groups in total. The number of carbonyl (C=O) groups is 1. The van der Waals surface area contributed by atoms with Crippen molar-refractivity contribution >= 4 is 28.0 Å². The lowest BCUT2D eigenvalue weighted by molar-refractivity contribution is -0.0197. The Morgan fingerprint density at radius 2 is 1.86 bits per heavy atom. The lowest BCUT2D eigenvalue weighted by Crippen LogP contribution is -2.55. The molecule has 4 aromatic rings. The third kappa shape index (κ3) is 3.49. The van der Waals surface area contributed by atoms with Crippen molar-refractivity contribution in [3.05, 3.63) is 70.5 Å². The number of nitrogens with one attached hydrogen (secondary N) is 2. The summed E-state index contributed by atoms with van der Waals surface area (Å²) in [6, 6.07) is 11.9. The zero-order valence-corrected chi connectivity index (χ0v) is 19.9. The number of anilines is 1. The van der Waals surface area contributed by atoms with E-state index in [0.717, 1.165) is 74.4 Å². The number of hydrogen-bond donors (Lipinski definition) is 2. The van der Waals surface area contributed by atoms with Gasteiger partial charge in [-0.25, -0.2) is 10.1 Å². The minimum atomic E-state index is -0.139. The molecule has 0 unspecified atom stereocenters. The number of fused-ring (bicyclic) bond motifs is 2. The van der Waals surface area contributed by atoms with Crippen molar-refractivity contribution in [1.29, 1.82) is 0 Å². The van der Waals surface area contributed by atoms with Gasteiger partial charge in [-0.2, -0.15) is 5.10 Å². The van der Waals surface area contributed by atoms with Crippen molar-refractivity contribution in [2.75, 3.05) is 31.2 Å². The highest BCUT2D eigenvalue weighted by molar-refractivity contribution is 5.93. The second-order valence-corrected chi connectivity index (χ2v) is 10.5. The average Bonchev–Trinajstić information content (AvgIpc) is 3.29. The molecular weight excluding hydrogens is 456 g/mol. The van der Waals surface area contributed by atoms with Crippen LogP contribution >= 0.6 is 0 Å². The highest BCUT2D eigenvalue weighted by Crippen LogP contribution is 2.62. The van der Waals surface area contributed by atoms with E-state index >= 15 is 0 Å². The average molecular weight is 485 g/mol. The molecule has 9 nitrogen and oxygen atoms in total. The van der Waals surface area contributed by atoms with Crippen LogP contribution in [0.2, 0.25) is 0 Å². The number of aromatic nitrogens is 4. The summed E-state index contributed by atoms with van der Waals surface area (Å²) in [7, 11) is 0. The number of benzene rings is 1. The molecule has 4 heterocycles. The lowest BCUT2D eigenvalue weighted by atomic mass is 9.49. The number of hydrogen-bond acceptors (Lipinski definition) is 6. The first-order valence-electron chi connectivity index (χ1n) is 12.7. The lowest BCUT2D eigenvalue weighted by Gasteiger charge is -2.57. The Bertz CT molecular complexity index is 1520. The van der Waals surface area contributed by atoms with Crippen LogP contribution < -0.4 is 15.8 Å². The number of imidazole rings is 1. The van der Waals surface area contributed by atoms with Crippen LogP contribution in [0.1, 0.15) is 47.8 Å². The Hall–Kier alpha value is -3.72. The van der Waals surface area contributed by atoms with Gasteiger partial charge in [0.15, 0.2) is 0 Å². The summed E-state index contributed by atoms with van der Waals surface area (Å²) in [5.41, 5.74) is 3.57. The van der Waals surface area contributed by atoms with Crippen molar-refractivity contribution in [2.45, 2.75) is 37.6 Å². The largest absolute Gasteiger partial charge is 0.378 e. The predicted molar refractivity (Wildman–Crippen MR) is 135 cm³/mol. The molecule has 3 aliphatic rings. The van der Waals surface area contributed by atoms with Gasteiger partial charge in [-0.1, -0.05) is 18.2 Å². The topological polar surface area (TPSA) is 105 Å². The second kappa shape index (κ2) is 8.16. The number of carbonyl (C=O) groups excluding carboxylic acids is 1. The molecule has 7 rings (SSSR count). The Balaban J connectivity index is 0.991. The van der Waals surface area contributed by atoms with Gasteiger partial charge < -0.3 is 15.0 Å². The summed E-state index contributed by atoms with van der Waals surface area (Å²) < 4.78 is 7.30. The molecule has 0 atom stereocenters. The van der Waals surface area contributed by atoms with Gasteiger partial charge in [0.05, 0.1) is 30.5 Å². The van der Waals surface area contributed by atoms with Crippen LogP contribution in [0.3, 0.4) is 0 Å². The van der Waals surface area contributed by atoms with Gasteiger partial charge >= 0.3 is 0 Å². The highest BCUT2D eigenvalue weighted by Gasteiger charge is 2.54. The van der Waals surface area contributed by atoms with Gasteiger partial charge in [-0.3, -0.25) is 14.0 Å². The number of amides is 1. The summed E-state index contributed by atoms with van der Waals surface area (Å²) in [5.74, 6) is 0.272. The van der Waals surface area contributed by atoms with Gasteiger partial charge in [0.2, 0.25) is 0 Å². The predicted octanol–water partition coefficient (Wildman–Crippen LogP) is 2.86. The number of aromatic amines is 1. The van der Waals surface area contributed by atoms with Crippen LogP contribution in [0.15, 0.2) is 53.6 Å². The van der Waals surface area contributed by atoms with Crippen LogP contribution in [-0.4, -0.2) is 57.8 Å². The SMILES string of the molecule is O=C(N[C@H]1CC2(C1)C[C@H](c1n[nH]c(=O)c3ccccc31)C2)c1cnc2cc(N3CCOCC3)ccn12. The van der Waals surface area contributed by atoms with E-state index in [1.54, 1.807) is 6.20 Å². The van der Waals surface area contributed by atoms with E-state index in [-0.39, 0.29) is 22.9 Å². The Kier molecular flexibility index (Phi) is 4.89. The molecular formula is C27H28N6O3. The molecule has 2 aliphatic carbocycles. The first-order chi connectivity index (χ1) is 17.6. The number of rotatable bonds is 4. The molecule has 36 heavy (non-hydrogen) atoms. The molecule has 3 fully saturated rings. The molecule has 9 heteroatoms. The second-order valence-electron chi connectivity index (χ2n) is 10.5. The van der Waals surface area contributed by atoms with Crippen molar-refractivity contribution in [3.8, 4) is 0 Å². The molecule has 1 aromatic carbocycles. The summed E-state index contributed by atoms with van der Waals surface area (Å²) in [6.45, 7) is 3.19. The molecule has 2 saturated carbocycles. The van der Waals surface area contributed by atoms with Crippen molar-refractivity contribution in [3.63, 3.8) is 0 Å². The van der Waals surface area contributed by atoms with Crippen molar-refractivity contribution in [2.24, 2.45) is 5.41 Å². The maximum Gasteiger partial charge on any atom is 0.272 e. The molecule has 3 aromatic heterocycles. The third-order valence-corrected chi connectivity index (χ3v) is 8.27. The van der Waals surface area contributed by atoms with Crippen LogP contribution in [0.4, 0.5) is 5.69 Å². The maximum atomic E-state index is 13.0. The fourth-order valence-electron chi connectivity index (χ4n) is 6.46. The van der Waals surface area contributed by atoms with Crippen molar-refractivity contribution in [1.82, 2.24) is 24.9 Å². The Morgan fingerprint density at radius 1 is 1.08 bits per heavy atom. The Morgan fingerprint density at radius 3 is 2.67 bits per heavy atom. The summed E-state index contributed by atoms with van der Waals surface area (Å²) in [6.07, 6.45) is 7.64. The van der Waals surface area contributed by atoms with Gasteiger partial charge in [0.1, 0.15) is 11.3 Å². The van der Waals surface area contributed by atoms with E-state index in [4.69, 9.17) is 4.74 Å². The standard InChI is InChI=1S/C27H28N6O3/c34-25-21-4-2-1-3-20(21)24(30-31-25)17-12-27(13-17)14-18(15-27)29-26(35)22-16-28-23-11-19(5-6-33(22)23)32-7-9-36-10-8-32/h1-6,11,16-18H,7-10,12-15H2,(H,29,35)(H,31,34)/t17-,18-,27?. The van der Waals surface area contributed by atoms with Gasteiger partial charge in [-0.15, -0.1) is 0 Å². The molecule has 1 amide bonds. The first kappa shape index (κ1) is 21.6. The van der Waals surface area contributed by atoms with Crippen LogP contribution in [0.25, 0.3) is 16.4 Å². The summed E-state index contributed by atoms with van der Waals surface area (Å²) in [5, 5.41) is 11.9. The van der Waals surface area contributed by atoms with E-state index in [9.17, 15) is 9.59 Å². The van der Waals surface area contributed by atoms with Crippen LogP contribution in [-0.2, 0) is 4.74 Å². The minimum Gasteiger partial charge on any atom is -0.378 e. The Labute approximate surface area is 207 Å². The normalized spacial score (nSPS) is 25.6. The fraction of sp³-hybridized carbons (Fsp3) is 0.407. The third-order valence-electron chi connectivity index (χ3n) is 8.27. The van der Waals surface area contributed by atoms with E-state index in [1.165, 1.54) is 0 Å². The number of morpholine rings is 1. The molecule has 1 saturated heterocycles. The molecule has 184 valence electrons. The number of pyridine rings is 1. The first-order valence-corrected chi connectivity index (χ1v) is 12.7. The zero-order chi connectivity index (χ0) is 24.3. The smallest absolute Gasteiger partial charge is 0.272 e. The van der Waals surface area contributed by atoms with Crippen molar-refractivity contribution < 1.29 is 9.53 Å². The van der Waals surface area contributed by atoms with Gasteiger partial charge in [0, 0.05) is 48.4 Å². The van der Waals surface area contributed by atoms with Crippen LogP contribution in [0, 0.1) is 5.41 Å². The number of nitrogens with zero attached hydrogens (tertiary/aromatic N) is 4. The maximum absolute atomic E-state index is 13.0. The molecule has 0 radical (unpaired) electrons. The number of ether oxygens (including phenoxy) is 1. The van der Waals surface area contributed by atoms with E-state index in [2.05, 4.69) is 25.4 Å². The molecule has 0 bridgehead atoms. The van der Waals surface area contributed by atoms with Crippen LogP contribution in [0.5, 0.6) is 0 Å². The molecule has 1 spiro atoms. The summed E-state index contributed by atoms with van der Waals surface area (Å²) >= 11 is 0. The highest BCUT2D eigenvalue weighted by atomic mass is 16.5. The van der Waals surface area contributed by atoms with Gasteiger partial charge in [0.25, 0.3) is 11.5 Å². The zero-order valence-electron chi connectivity index (χ0n) is 19.9.